The molecule has 5 heteroatoms. The molecule has 0 fully saturated rings. The number of amides is 1. The van der Waals surface area contributed by atoms with E-state index in [0.717, 1.165) is 34.4 Å². The lowest BCUT2D eigenvalue weighted by Crippen LogP contribution is -2.22. The lowest BCUT2D eigenvalue weighted by molar-refractivity contribution is 0.0822. The van der Waals surface area contributed by atoms with Gasteiger partial charge in [-0.05, 0) is 37.5 Å². The highest BCUT2D eigenvalue weighted by Gasteiger charge is 2.19. The average Bonchev–Trinajstić information content (AvgIpc) is 2.62. The van der Waals surface area contributed by atoms with E-state index in [0.29, 0.717) is 17.9 Å². The minimum absolute atomic E-state index is 0.157. The van der Waals surface area contributed by atoms with Gasteiger partial charge in [-0.1, -0.05) is 19.1 Å². The summed E-state index contributed by atoms with van der Waals surface area (Å²) in [6.45, 7) is 6.42. The smallest absolute Gasteiger partial charge is 0.271 e. The zero-order chi connectivity index (χ0) is 18.6. The van der Waals surface area contributed by atoms with E-state index in [1.165, 1.54) is 4.90 Å². The van der Waals surface area contributed by atoms with Crippen molar-refractivity contribution in [3.63, 3.8) is 0 Å². The molecule has 0 radical (unpaired) electrons. The summed E-state index contributed by atoms with van der Waals surface area (Å²) in [5.41, 5.74) is 4.43. The Morgan fingerprint density at radius 3 is 2.52 bits per heavy atom. The maximum absolute atomic E-state index is 12.0. The molecule has 1 aromatic carbocycles. The van der Waals surface area contributed by atoms with Crippen LogP contribution in [0.15, 0.2) is 24.4 Å². The molecule has 0 N–H and O–H groups in total. The summed E-state index contributed by atoms with van der Waals surface area (Å²) in [7, 11) is 3.37. The number of nitrogens with zero attached hydrogens (tertiary/aromatic N) is 3. The number of benzene rings is 1. The zero-order valence-corrected chi connectivity index (χ0v) is 15.4. The number of rotatable bonds is 5. The van der Waals surface area contributed by atoms with Gasteiger partial charge in [0.05, 0.1) is 12.2 Å². The van der Waals surface area contributed by atoms with Crippen LogP contribution in [0.4, 0.5) is 0 Å². The first-order valence-corrected chi connectivity index (χ1v) is 8.31. The van der Waals surface area contributed by atoms with Gasteiger partial charge in [0.1, 0.15) is 17.5 Å². The lowest BCUT2D eigenvalue weighted by atomic mass is 9.92. The maximum atomic E-state index is 12.0. The zero-order valence-electron chi connectivity index (χ0n) is 15.4. The predicted octanol–water partition coefficient (Wildman–Crippen LogP) is 3.59. The van der Waals surface area contributed by atoms with Gasteiger partial charge in [-0.15, -0.1) is 0 Å². The van der Waals surface area contributed by atoms with Crippen molar-refractivity contribution >= 4 is 5.91 Å². The Morgan fingerprint density at radius 1 is 1.32 bits per heavy atom. The third kappa shape index (κ3) is 3.63. The molecule has 0 aliphatic heterocycles. The van der Waals surface area contributed by atoms with E-state index in [4.69, 9.17) is 4.74 Å². The summed E-state index contributed by atoms with van der Waals surface area (Å²) in [5, 5.41) is 9.65. The number of hydrogen-bond donors (Lipinski definition) is 0. The second-order valence-corrected chi connectivity index (χ2v) is 5.96. The van der Waals surface area contributed by atoms with Crippen molar-refractivity contribution in [2.75, 3.05) is 20.7 Å². The Balaban J connectivity index is 2.66. The van der Waals surface area contributed by atoms with Crippen molar-refractivity contribution in [3.8, 4) is 22.9 Å². The third-order valence-corrected chi connectivity index (χ3v) is 4.01. The van der Waals surface area contributed by atoms with Crippen LogP contribution >= 0.6 is 0 Å². The van der Waals surface area contributed by atoms with Crippen molar-refractivity contribution in [2.45, 2.75) is 27.2 Å². The van der Waals surface area contributed by atoms with Gasteiger partial charge in [0, 0.05) is 31.4 Å². The van der Waals surface area contributed by atoms with Crippen LogP contribution in [0, 0.1) is 18.3 Å². The average molecular weight is 337 g/mol. The van der Waals surface area contributed by atoms with Gasteiger partial charge < -0.3 is 9.64 Å². The fourth-order valence-electron chi connectivity index (χ4n) is 2.76. The summed E-state index contributed by atoms with van der Waals surface area (Å²) in [5.74, 6) is 0.566. The van der Waals surface area contributed by atoms with Crippen LogP contribution in [-0.4, -0.2) is 36.5 Å². The second kappa shape index (κ2) is 7.80. The van der Waals surface area contributed by atoms with Crippen LogP contribution in [0.5, 0.6) is 5.75 Å². The fraction of sp³-hybridized carbons (Fsp3) is 0.350. The van der Waals surface area contributed by atoms with Gasteiger partial charge in [0.15, 0.2) is 0 Å². The highest BCUT2D eigenvalue weighted by atomic mass is 16.5. The minimum atomic E-state index is -0.157. The number of pyridine rings is 1. The molecule has 130 valence electrons. The Bertz CT molecular complexity index is 818. The molecule has 2 aromatic rings. The summed E-state index contributed by atoms with van der Waals surface area (Å²) in [6.07, 6.45) is 2.44. The first kappa shape index (κ1) is 18.5. The molecule has 1 aromatic heterocycles. The number of carbonyl (C=O) groups is 1. The molecule has 0 unspecified atom stereocenters. The number of aryl methyl sites for hydroxylation is 2. The maximum Gasteiger partial charge on any atom is 0.271 e. The van der Waals surface area contributed by atoms with E-state index in [2.05, 4.69) is 18.0 Å². The van der Waals surface area contributed by atoms with E-state index in [-0.39, 0.29) is 5.91 Å². The summed E-state index contributed by atoms with van der Waals surface area (Å²) < 4.78 is 5.87. The third-order valence-electron chi connectivity index (χ3n) is 4.01. The molecule has 0 aliphatic carbocycles. The van der Waals surface area contributed by atoms with Crippen molar-refractivity contribution in [1.82, 2.24) is 9.88 Å². The standard InChI is InChI=1S/C20H23N3O2/c1-6-14-10-13(3)16(11-21)18(19(14)25-7-2)15-8-9-17(22-12-15)20(24)23(4)5/h8-10,12H,6-7H2,1-5H3. The number of ether oxygens (including phenoxy) is 1. The normalized spacial score (nSPS) is 10.2. The predicted molar refractivity (Wildman–Crippen MR) is 97.7 cm³/mol. The van der Waals surface area contributed by atoms with Crippen LogP contribution in [-0.2, 0) is 6.42 Å². The van der Waals surface area contributed by atoms with Gasteiger partial charge in [-0.25, -0.2) is 0 Å². The molecule has 1 amide bonds. The Labute approximate surface area is 148 Å². The Morgan fingerprint density at radius 2 is 2.04 bits per heavy atom. The topological polar surface area (TPSA) is 66.2 Å². The molecule has 1 heterocycles. The van der Waals surface area contributed by atoms with Gasteiger partial charge in [0.25, 0.3) is 5.91 Å². The first-order valence-electron chi connectivity index (χ1n) is 8.31. The molecule has 5 nitrogen and oxygen atoms in total. The van der Waals surface area contributed by atoms with E-state index in [1.807, 2.05) is 26.0 Å². The largest absolute Gasteiger partial charge is 0.493 e. The monoisotopic (exact) mass is 337 g/mol. The van der Waals surface area contributed by atoms with Gasteiger partial charge in [0.2, 0.25) is 0 Å². The Kier molecular flexibility index (Phi) is 5.76. The number of aromatic nitrogens is 1. The van der Waals surface area contributed by atoms with E-state index < -0.39 is 0 Å². The number of hydrogen-bond acceptors (Lipinski definition) is 4. The van der Waals surface area contributed by atoms with Crippen molar-refractivity contribution in [1.29, 1.82) is 5.26 Å². The van der Waals surface area contributed by atoms with Crippen LogP contribution in [0.25, 0.3) is 11.1 Å². The molecule has 0 spiro atoms. The molecule has 0 aliphatic rings. The SMILES string of the molecule is CCOc1c(CC)cc(C)c(C#N)c1-c1ccc(C(=O)N(C)C)nc1. The van der Waals surface area contributed by atoms with Gasteiger partial charge >= 0.3 is 0 Å². The molecule has 2 rings (SSSR count). The lowest BCUT2D eigenvalue weighted by Gasteiger charge is -2.18. The fourth-order valence-corrected chi connectivity index (χ4v) is 2.76. The van der Waals surface area contributed by atoms with E-state index >= 15 is 0 Å². The molecular weight excluding hydrogens is 314 g/mol. The molecule has 0 saturated heterocycles. The summed E-state index contributed by atoms with van der Waals surface area (Å²) in [4.78, 5) is 17.8. The van der Waals surface area contributed by atoms with Crippen LogP contribution in [0.1, 0.15) is 41.0 Å². The highest BCUT2D eigenvalue weighted by Crippen LogP contribution is 2.38. The first-order chi connectivity index (χ1) is 11.9. The van der Waals surface area contributed by atoms with E-state index in [1.54, 1.807) is 26.4 Å². The number of carbonyl (C=O) groups excluding carboxylic acids is 1. The van der Waals surface area contributed by atoms with Gasteiger partial charge in [-0.3, -0.25) is 9.78 Å². The van der Waals surface area contributed by atoms with Crippen LogP contribution in [0.2, 0.25) is 0 Å². The van der Waals surface area contributed by atoms with Crippen molar-refractivity contribution in [2.24, 2.45) is 0 Å². The van der Waals surface area contributed by atoms with Crippen LogP contribution < -0.4 is 4.74 Å². The minimum Gasteiger partial charge on any atom is -0.493 e. The van der Waals surface area contributed by atoms with Crippen LogP contribution in [0.3, 0.4) is 0 Å². The molecule has 0 saturated carbocycles. The molecular formula is C20H23N3O2. The second-order valence-electron chi connectivity index (χ2n) is 5.96. The van der Waals surface area contributed by atoms with Crippen molar-refractivity contribution in [3.05, 3.63) is 46.8 Å². The summed E-state index contributed by atoms with van der Waals surface area (Å²) >= 11 is 0. The van der Waals surface area contributed by atoms with Crippen molar-refractivity contribution < 1.29 is 9.53 Å². The molecule has 0 atom stereocenters. The highest BCUT2D eigenvalue weighted by molar-refractivity contribution is 5.92. The quantitative estimate of drug-likeness (QED) is 0.836. The summed E-state index contributed by atoms with van der Waals surface area (Å²) in [6, 6.07) is 7.79. The Hall–Kier alpha value is -2.87. The number of nitriles is 1. The molecule has 25 heavy (non-hydrogen) atoms. The van der Waals surface area contributed by atoms with Gasteiger partial charge in [-0.2, -0.15) is 5.26 Å². The molecule has 0 bridgehead atoms. The van der Waals surface area contributed by atoms with E-state index in [9.17, 15) is 10.1 Å².